The lowest BCUT2D eigenvalue weighted by atomic mass is 10.0. The molecule has 0 fully saturated rings. The Hall–Kier alpha value is -2.54. The van der Waals surface area contributed by atoms with Gasteiger partial charge in [0.05, 0.1) is 12.6 Å². The molecule has 12 nitrogen and oxygen atoms in total. The topological polar surface area (TPSA) is 215 Å². The van der Waals surface area contributed by atoms with E-state index in [-0.39, 0.29) is 30.6 Å². The number of hydrogen-bond acceptors (Lipinski definition) is 7. The molecule has 0 heterocycles. The Morgan fingerprint density at radius 2 is 1.69 bits per heavy atom. The fourth-order valence-corrected chi connectivity index (χ4v) is 2.31. The van der Waals surface area contributed by atoms with Gasteiger partial charge < -0.3 is 38.3 Å². The SMILES string of the molecule is CC(C)C(N)C(=O)NC(CCCN=C(N)N)C(=O)NCC(=O)NC(CS)C(=O)O. The van der Waals surface area contributed by atoms with Gasteiger partial charge in [0.1, 0.15) is 12.1 Å². The van der Waals surface area contributed by atoms with Crippen LogP contribution in [0.5, 0.6) is 0 Å². The zero-order valence-electron chi connectivity index (χ0n) is 16.6. The van der Waals surface area contributed by atoms with Gasteiger partial charge in [0.15, 0.2) is 5.96 Å². The maximum absolute atomic E-state index is 12.4. The van der Waals surface area contributed by atoms with Gasteiger partial charge >= 0.3 is 5.97 Å². The highest BCUT2D eigenvalue weighted by Crippen LogP contribution is 2.03. The van der Waals surface area contributed by atoms with Crippen molar-refractivity contribution in [3.05, 3.63) is 0 Å². The minimum absolute atomic E-state index is 0.0919. The van der Waals surface area contributed by atoms with Crippen LogP contribution < -0.4 is 33.2 Å². The number of thiol groups is 1. The quantitative estimate of drug-likeness (QED) is 0.0651. The zero-order valence-corrected chi connectivity index (χ0v) is 17.4. The highest BCUT2D eigenvalue weighted by molar-refractivity contribution is 7.80. The average Bonchev–Trinajstić information content (AvgIpc) is 2.64. The fraction of sp³-hybridized carbons (Fsp3) is 0.688. The van der Waals surface area contributed by atoms with Gasteiger partial charge in [-0.1, -0.05) is 13.8 Å². The van der Waals surface area contributed by atoms with Crippen LogP contribution in [-0.4, -0.2) is 71.7 Å². The molecule has 0 aliphatic heterocycles. The van der Waals surface area contributed by atoms with Gasteiger partial charge in [-0.3, -0.25) is 19.4 Å². The summed E-state index contributed by atoms with van der Waals surface area (Å²) < 4.78 is 0. The third-order valence-electron chi connectivity index (χ3n) is 3.84. The maximum Gasteiger partial charge on any atom is 0.327 e. The van der Waals surface area contributed by atoms with Crippen molar-refractivity contribution in [1.82, 2.24) is 16.0 Å². The number of carboxylic acid groups (broad SMARTS) is 1. The predicted molar refractivity (Wildman–Crippen MR) is 111 cm³/mol. The second kappa shape index (κ2) is 13.6. The monoisotopic (exact) mass is 433 g/mol. The van der Waals surface area contributed by atoms with Gasteiger partial charge in [-0.05, 0) is 18.8 Å². The van der Waals surface area contributed by atoms with Crippen LogP contribution in [0.1, 0.15) is 26.7 Å². The molecule has 29 heavy (non-hydrogen) atoms. The summed E-state index contributed by atoms with van der Waals surface area (Å²) in [6.07, 6.45) is 0.593. The molecule has 0 radical (unpaired) electrons. The maximum atomic E-state index is 12.4. The third kappa shape index (κ3) is 11.1. The summed E-state index contributed by atoms with van der Waals surface area (Å²) in [6, 6.07) is -2.95. The highest BCUT2D eigenvalue weighted by atomic mass is 32.1. The van der Waals surface area contributed by atoms with E-state index < -0.39 is 48.4 Å². The van der Waals surface area contributed by atoms with E-state index in [1.54, 1.807) is 13.8 Å². The van der Waals surface area contributed by atoms with Gasteiger partial charge in [-0.25, -0.2) is 4.79 Å². The number of nitrogens with two attached hydrogens (primary N) is 3. The van der Waals surface area contributed by atoms with Crippen molar-refractivity contribution >= 4 is 42.3 Å². The van der Waals surface area contributed by atoms with Crippen molar-refractivity contribution in [2.45, 2.75) is 44.8 Å². The first-order valence-corrected chi connectivity index (χ1v) is 9.64. The van der Waals surface area contributed by atoms with Crippen LogP contribution in [0.3, 0.4) is 0 Å². The number of carbonyl (C=O) groups excluding carboxylic acids is 3. The van der Waals surface area contributed by atoms with Crippen molar-refractivity contribution < 1.29 is 24.3 Å². The lowest BCUT2D eigenvalue weighted by Crippen LogP contribution is -2.54. The molecule has 0 bridgehead atoms. The molecule has 0 spiro atoms. The number of nitrogens with zero attached hydrogens (tertiary/aromatic N) is 1. The van der Waals surface area contributed by atoms with Gasteiger partial charge in [-0.2, -0.15) is 12.6 Å². The smallest absolute Gasteiger partial charge is 0.327 e. The zero-order chi connectivity index (χ0) is 22.6. The molecule has 10 N–H and O–H groups in total. The second-order valence-electron chi connectivity index (χ2n) is 6.64. The molecule has 0 aromatic heterocycles. The Labute approximate surface area is 174 Å². The number of carbonyl (C=O) groups is 4. The summed E-state index contributed by atoms with van der Waals surface area (Å²) in [5.74, 6) is -3.41. The third-order valence-corrected chi connectivity index (χ3v) is 4.20. The van der Waals surface area contributed by atoms with E-state index in [1.165, 1.54) is 0 Å². The van der Waals surface area contributed by atoms with E-state index in [9.17, 15) is 19.2 Å². The van der Waals surface area contributed by atoms with Crippen LogP contribution in [0.25, 0.3) is 0 Å². The Kier molecular flexibility index (Phi) is 12.4. The number of hydrogen-bond donors (Lipinski definition) is 8. The number of rotatable bonds is 13. The van der Waals surface area contributed by atoms with Gasteiger partial charge in [0.2, 0.25) is 17.7 Å². The number of aliphatic carboxylic acids is 1. The van der Waals surface area contributed by atoms with Crippen LogP contribution in [0.15, 0.2) is 4.99 Å². The van der Waals surface area contributed by atoms with Crippen LogP contribution in [-0.2, 0) is 19.2 Å². The molecule has 3 atom stereocenters. The van der Waals surface area contributed by atoms with E-state index in [4.69, 9.17) is 22.3 Å². The predicted octanol–water partition coefficient (Wildman–Crippen LogP) is -2.88. The van der Waals surface area contributed by atoms with Crippen molar-refractivity contribution in [3.63, 3.8) is 0 Å². The van der Waals surface area contributed by atoms with Gasteiger partial charge in [0, 0.05) is 12.3 Å². The molecule has 0 aliphatic rings. The van der Waals surface area contributed by atoms with Crippen LogP contribution in [0.2, 0.25) is 0 Å². The summed E-state index contributed by atoms with van der Waals surface area (Å²) in [5, 5.41) is 16.0. The Balaban J connectivity index is 4.89. The van der Waals surface area contributed by atoms with Crippen LogP contribution in [0.4, 0.5) is 0 Å². The van der Waals surface area contributed by atoms with Crippen LogP contribution in [0, 0.1) is 5.92 Å². The van der Waals surface area contributed by atoms with E-state index in [1.807, 2.05) is 0 Å². The molecule has 0 aromatic rings. The summed E-state index contributed by atoms with van der Waals surface area (Å²) in [5.41, 5.74) is 16.3. The first kappa shape index (κ1) is 26.5. The van der Waals surface area contributed by atoms with Crippen molar-refractivity contribution in [1.29, 1.82) is 0 Å². The van der Waals surface area contributed by atoms with E-state index >= 15 is 0 Å². The number of aliphatic imine (C=N–C) groups is 1. The minimum Gasteiger partial charge on any atom is -0.480 e. The molecular formula is C16H31N7O5S. The number of amides is 3. The normalized spacial score (nSPS) is 13.7. The van der Waals surface area contributed by atoms with E-state index in [2.05, 4.69) is 33.6 Å². The second-order valence-corrected chi connectivity index (χ2v) is 7.00. The standard InChI is InChI=1S/C16H31N7O5S/c1-8(2)12(17)14(26)23-9(4-3-5-20-16(18)19)13(25)21-6-11(24)22-10(7-29)15(27)28/h8-10,12,29H,3-7,17H2,1-2H3,(H,21,25)(H,22,24)(H,23,26)(H,27,28)(H4,18,19,20). The minimum atomic E-state index is -1.24. The van der Waals surface area contributed by atoms with E-state index in [0.717, 1.165) is 0 Å². The first-order chi connectivity index (χ1) is 13.5. The first-order valence-electron chi connectivity index (χ1n) is 9.01. The summed E-state index contributed by atoms with van der Waals surface area (Å²) in [7, 11) is 0. The summed E-state index contributed by atoms with van der Waals surface area (Å²) >= 11 is 3.84. The number of nitrogens with one attached hydrogen (secondary N) is 3. The van der Waals surface area contributed by atoms with Crippen molar-refractivity contribution in [2.75, 3.05) is 18.8 Å². The van der Waals surface area contributed by atoms with Crippen molar-refractivity contribution in [2.24, 2.45) is 28.1 Å². The van der Waals surface area contributed by atoms with Crippen LogP contribution >= 0.6 is 12.6 Å². The molecule has 3 amide bonds. The number of carboxylic acids is 1. The molecular weight excluding hydrogens is 402 g/mol. The van der Waals surface area contributed by atoms with E-state index in [0.29, 0.717) is 6.42 Å². The summed E-state index contributed by atoms with van der Waals surface area (Å²) in [4.78, 5) is 51.2. The Bertz CT molecular complexity index is 610. The largest absolute Gasteiger partial charge is 0.480 e. The molecule has 0 saturated carbocycles. The molecule has 0 aromatic carbocycles. The molecule has 0 saturated heterocycles. The van der Waals surface area contributed by atoms with Crippen molar-refractivity contribution in [3.8, 4) is 0 Å². The molecule has 0 aliphatic carbocycles. The molecule has 166 valence electrons. The van der Waals surface area contributed by atoms with Gasteiger partial charge in [-0.15, -0.1) is 0 Å². The summed E-state index contributed by atoms with van der Waals surface area (Å²) in [6.45, 7) is 3.32. The highest BCUT2D eigenvalue weighted by Gasteiger charge is 2.25. The Morgan fingerprint density at radius 3 is 2.17 bits per heavy atom. The lowest BCUT2D eigenvalue weighted by molar-refractivity contribution is -0.141. The fourth-order valence-electron chi connectivity index (χ4n) is 2.06. The van der Waals surface area contributed by atoms with Gasteiger partial charge in [0.25, 0.3) is 0 Å². The molecule has 3 unspecified atom stereocenters. The number of guanidine groups is 1. The Morgan fingerprint density at radius 1 is 1.07 bits per heavy atom. The molecule has 13 heteroatoms. The molecule has 0 rings (SSSR count). The lowest BCUT2D eigenvalue weighted by Gasteiger charge is -2.22. The average molecular weight is 434 g/mol.